The van der Waals surface area contributed by atoms with Crippen LogP contribution in [0.4, 0.5) is 0 Å². The number of rotatable bonds is 5. The topological polar surface area (TPSA) is 71.8 Å². The summed E-state index contributed by atoms with van der Waals surface area (Å²) < 4.78 is 11.5. The molecule has 1 aromatic heterocycles. The number of likely N-dealkylation sites (tertiary alicyclic amines) is 1. The summed E-state index contributed by atoms with van der Waals surface area (Å²) in [6.07, 6.45) is 5.08. The van der Waals surface area contributed by atoms with Crippen molar-refractivity contribution >= 4 is 23.4 Å². The Labute approximate surface area is 167 Å². The van der Waals surface area contributed by atoms with Crippen molar-refractivity contribution in [2.24, 2.45) is 11.8 Å². The molecule has 0 aliphatic carbocycles. The summed E-state index contributed by atoms with van der Waals surface area (Å²) >= 11 is 6.00. The SMILES string of the molecule is O=C(NCc1cccc(Cl)c1)[C@@H]1[C@H]2C(=O)N(Cc3ccco3)C[C@@]23C=C[C@H]1O3. The van der Waals surface area contributed by atoms with Gasteiger partial charge in [0.2, 0.25) is 11.8 Å². The van der Waals surface area contributed by atoms with Crippen LogP contribution in [0.2, 0.25) is 5.02 Å². The molecule has 4 atom stereocenters. The highest BCUT2D eigenvalue weighted by Gasteiger charge is 2.66. The molecule has 5 rings (SSSR count). The maximum absolute atomic E-state index is 13.1. The van der Waals surface area contributed by atoms with E-state index in [1.54, 1.807) is 23.3 Å². The van der Waals surface area contributed by atoms with Crippen molar-refractivity contribution in [3.8, 4) is 0 Å². The smallest absolute Gasteiger partial charge is 0.230 e. The highest BCUT2D eigenvalue weighted by molar-refractivity contribution is 6.30. The van der Waals surface area contributed by atoms with Crippen molar-refractivity contribution < 1.29 is 18.7 Å². The number of nitrogens with zero attached hydrogens (tertiary/aromatic N) is 1. The van der Waals surface area contributed by atoms with Crippen LogP contribution in [0.5, 0.6) is 0 Å². The van der Waals surface area contributed by atoms with E-state index < -0.39 is 17.4 Å². The lowest BCUT2D eigenvalue weighted by Gasteiger charge is -2.23. The Balaban J connectivity index is 1.32. The third kappa shape index (κ3) is 2.75. The van der Waals surface area contributed by atoms with E-state index in [9.17, 15) is 9.59 Å². The Morgan fingerprint density at radius 3 is 3.00 bits per heavy atom. The molecule has 2 amide bonds. The molecule has 7 heteroatoms. The van der Waals surface area contributed by atoms with E-state index in [4.69, 9.17) is 20.8 Å². The van der Waals surface area contributed by atoms with Crippen LogP contribution in [-0.2, 0) is 27.4 Å². The number of furan rings is 1. The van der Waals surface area contributed by atoms with Crippen molar-refractivity contribution in [3.63, 3.8) is 0 Å². The molecular weight excluding hydrogens is 380 g/mol. The van der Waals surface area contributed by atoms with Gasteiger partial charge >= 0.3 is 0 Å². The second-order valence-corrected chi connectivity index (χ2v) is 7.96. The summed E-state index contributed by atoms with van der Waals surface area (Å²) in [4.78, 5) is 27.8. The Morgan fingerprint density at radius 2 is 2.21 bits per heavy atom. The van der Waals surface area contributed by atoms with Crippen molar-refractivity contribution in [3.05, 3.63) is 71.2 Å². The van der Waals surface area contributed by atoms with Crippen molar-refractivity contribution in [2.45, 2.75) is 24.8 Å². The van der Waals surface area contributed by atoms with Gasteiger partial charge in [-0.2, -0.15) is 0 Å². The van der Waals surface area contributed by atoms with Crippen LogP contribution in [0.1, 0.15) is 11.3 Å². The number of benzene rings is 1. The fourth-order valence-corrected chi connectivity index (χ4v) is 4.77. The number of carbonyl (C=O) groups excluding carboxylic acids is 2. The summed E-state index contributed by atoms with van der Waals surface area (Å²) in [5.41, 5.74) is 0.194. The van der Waals surface area contributed by atoms with Crippen molar-refractivity contribution in [2.75, 3.05) is 6.54 Å². The molecule has 2 bridgehead atoms. The zero-order valence-electron chi connectivity index (χ0n) is 15.0. The van der Waals surface area contributed by atoms with Crippen LogP contribution in [0.3, 0.4) is 0 Å². The molecule has 1 spiro atoms. The van der Waals surface area contributed by atoms with Crippen LogP contribution in [0, 0.1) is 11.8 Å². The number of halogens is 1. The molecule has 2 aromatic rings. The third-order valence-electron chi connectivity index (χ3n) is 5.76. The fraction of sp³-hybridized carbons (Fsp3) is 0.333. The van der Waals surface area contributed by atoms with E-state index in [-0.39, 0.29) is 17.9 Å². The van der Waals surface area contributed by atoms with Gasteiger partial charge < -0.3 is 19.4 Å². The quantitative estimate of drug-likeness (QED) is 0.785. The average molecular weight is 399 g/mol. The number of carbonyl (C=O) groups is 2. The molecule has 6 nitrogen and oxygen atoms in total. The van der Waals surface area contributed by atoms with Crippen LogP contribution in [0.15, 0.2) is 59.2 Å². The molecule has 0 radical (unpaired) electrons. The maximum Gasteiger partial charge on any atom is 0.230 e. The molecule has 0 unspecified atom stereocenters. The van der Waals surface area contributed by atoms with Gasteiger partial charge in [-0.3, -0.25) is 9.59 Å². The van der Waals surface area contributed by atoms with Gasteiger partial charge in [0.25, 0.3) is 0 Å². The van der Waals surface area contributed by atoms with Crippen molar-refractivity contribution in [1.82, 2.24) is 10.2 Å². The second kappa shape index (κ2) is 6.50. The molecule has 3 aliphatic rings. The number of amides is 2. The first-order chi connectivity index (χ1) is 13.6. The Hall–Kier alpha value is -2.57. The number of hydrogen-bond acceptors (Lipinski definition) is 4. The number of fused-ring (bicyclic) bond motifs is 1. The number of hydrogen-bond donors (Lipinski definition) is 1. The summed E-state index contributed by atoms with van der Waals surface area (Å²) in [6, 6.07) is 11.0. The Morgan fingerprint density at radius 1 is 1.32 bits per heavy atom. The number of nitrogens with one attached hydrogen (secondary N) is 1. The second-order valence-electron chi connectivity index (χ2n) is 7.52. The average Bonchev–Trinajstić information content (AvgIpc) is 3.43. The molecule has 3 aliphatic heterocycles. The normalized spacial score (nSPS) is 30.1. The summed E-state index contributed by atoms with van der Waals surface area (Å²) in [5.74, 6) is -0.555. The zero-order chi connectivity index (χ0) is 19.3. The first-order valence-corrected chi connectivity index (χ1v) is 9.64. The highest BCUT2D eigenvalue weighted by atomic mass is 35.5. The number of ether oxygens (including phenoxy) is 1. The van der Waals surface area contributed by atoms with Crippen LogP contribution >= 0.6 is 11.6 Å². The molecule has 4 heterocycles. The van der Waals surface area contributed by atoms with E-state index in [1.807, 2.05) is 36.4 Å². The molecule has 144 valence electrons. The largest absolute Gasteiger partial charge is 0.467 e. The van der Waals surface area contributed by atoms with Gasteiger partial charge in [0.05, 0.1) is 37.3 Å². The van der Waals surface area contributed by atoms with Crippen molar-refractivity contribution in [1.29, 1.82) is 0 Å². The molecular formula is C21H19ClN2O4. The minimum absolute atomic E-state index is 0.0637. The Kier molecular flexibility index (Phi) is 4.07. The van der Waals surface area contributed by atoms with E-state index in [2.05, 4.69) is 5.32 Å². The molecule has 0 saturated carbocycles. The van der Waals surface area contributed by atoms with Gasteiger partial charge in [0.15, 0.2) is 0 Å². The predicted molar refractivity (Wildman–Crippen MR) is 101 cm³/mol. The Bertz CT molecular complexity index is 957. The van der Waals surface area contributed by atoms with Gasteiger partial charge in [0.1, 0.15) is 11.4 Å². The molecule has 2 saturated heterocycles. The predicted octanol–water partition coefficient (Wildman–Crippen LogP) is 2.53. The van der Waals surface area contributed by atoms with Crippen LogP contribution in [-0.4, -0.2) is 35.0 Å². The minimum atomic E-state index is -0.716. The van der Waals surface area contributed by atoms with Gasteiger partial charge in [0, 0.05) is 11.6 Å². The lowest BCUT2D eigenvalue weighted by atomic mass is 9.77. The van der Waals surface area contributed by atoms with Gasteiger partial charge in [-0.1, -0.05) is 35.9 Å². The summed E-state index contributed by atoms with van der Waals surface area (Å²) in [5, 5.41) is 3.56. The first-order valence-electron chi connectivity index (χ1n) is 9.26. The third-order valence-corrected chi connectivity index (χ3v) is 6.00. The monoisotopic (exact) mass is 398 g/mol. The zero-order valence-corrected chi connectivity index (χ0v) is 15.8. The van der Waals surface area contributed by atoms with Gasteiger partial charge in [-0.15, -0.1) is 0 Å². The fourth-order valence-electron chi connectivity index (χ4n) is 4.56. The lowest BCUT2D eigenvalue weighted by molar-refractivity contribution is -0.138. The van der Waals surface area contributed by atoms with E-state index in [0.717, 1.165) is 5.56 Å². The summed E-state index contributed by atoms with van der Waals surface area (Å²) in [6.45, 7) is 1.17. The molecule has 1 aromatic carbocycles. The van der Waals surface area contributed by atoms with E-state index >= 15 is 0 Å². The van der Waals surface area contributed by atoms with Crippen LogP contribution in [0.25, 0.3) is 0 Å². The minimum Gasteiger partial charge on any atom is -0.467 e. The standard InChI is InChI=1S/C21H19ClN2O4/c22-14-4-1-3-13(9-14)10-23-19(25)17-16-6-7-21(28-16)12-24(20(26)18(17)21)11-15-5-2-8-27-15/h1-9,16-18H,10-12H2,(H,23,25)/t16-,17+,18+,21+/m1/s1. The van der Waals surface area contributed by atoms with Gasteiger partial charge in [-0.25, -0.2) is 0 Å². The van der Waals surface area contributed by atoms with E-state index in [0.29, 0.717) is 30.4 Å². The van der Waals surface area contributed by atoms with Crippen LogP contribution < -0.4 is 5.32 Å². The van der Waals surface area contributed by atoms with Gasteiger partial charge in [-0.05, 0) is 29.8 Å². The molecule has 1 N–H and O–H groups in total. The highest BCUT2D eigenvalue weighted by Crippen LogP contribution is 2.52. The lowest BCUT2D eigenvalue weighted by Crippen LogP contribution is -2.43. The summed E-state index contributed by atoms with van der Waals surface area (Å²) in [7, 11) is 0. The maximum atomic E-state index is 13.1. The van der Waals surface area contributed by atoms with E-state index in [1.165, 1.54) is 0 Å². The molecule has 28 heavy (non-hydrogen) atoms. The first kappa shape index (κ1) is 17.5. The molecule has 2 fully saturated rings.